The summed E-state index contributed by atoms with van der Waals surface area (Å²) < 4.78 is 10.9. The third kappa shape index (κ3) is 6.10. The summed E-state index contributed by atoms with van der Waals surface area (Å²) in [5.74, 6) is 3.78. The smallest absolute Gasteiger partial charge is 0.137 e. The Labute approximate surface area is 296 Å². The predicted octanol–water partition coefficient (Wildman–Crippen LogP) is 12.3. The van der Waals surface area contributed by atoms with Gasteiger partial charge in [-0.05, 0) is 102 Å². The van der Waals surface area contributed by atoms with Crippen LogP contribution in [0.3, 0.4) is 0 Å². The Bertz CT molecular complexity index is 2320. The SMILES string of the molecule is Cc1nn(-c2cccc(Oc3ccc4c5cc(C(C)C(C)C(C)(C)C)ccc5n(-c5cc(C(C)C)ccn5)c4c3)c2)c(C)c1-c1ccccc1. The second-order valence-electron chi connectivity index (χ2n) is 15.3. The minimum atomic E-state index is 0.215. The molecule has 5 heteroatoms. The minimum Gasteiger partial charge on any atom is -0.457 e. The Morgan fingerprint density at radius 2 is 1.44 bits per heavy atom. The maximum Gasteiger partial charge on any atom is 0.137 e. The molecule has 0 bridgehead atoms. The van der Waals surface area contributed by atoms with E-state index in [1.807, 2.05) is 29.1 Å². The molecule has 4 aromatic carbocycles. The molecule has 3 heterocycles. The fourth-order valence-electron chi connectivity index (χ4n) is 7.30. The van der Waals surface area contributed by atoms with Crippen molar-refractivity contribution < 1.29 is 4.74 Å². The van der Waals surface area contributed by atoms with E-state index in [-0.39, 0.29) is 5.41 Å². The maximum atomic E-state index is 6.62. The number of ether oxygens (including phenoxy) is 1. The number of nitrogens with zero attached hydrogens (tertiary/aromatic N) is 4. The van der Waals surface area contributed by atoms with Crippen LogP contribution in [0.4, 0.5) is 0 Å². The molecule has 0 saturated carbocycles. The summed E-state index contributed by atoms with van der Waals surface area (Å²) in [6.45, 7) is 20.4. The molecule has 3 aromatic heterocycles. The van der Waals surface area contributed by atoms with Crippen LogP contribution in [0.5, 0.6) is 11.5 Å². The van der Waals surface area contributed by atoms with Crippen molar-refractivity contribution in [3.63, 3.8) is 0 Å². The Hall–Kier alpha value is -5.16. The third-order valence-electron chi connectivity index (χ3n) is 10.7. The molecule has 7 rings (SSSR count). The monoisotopic (exact) mass is 660 g/mol. The van der Waals surface area contributed by atoms with Gasteiger partial charge in [0.2, 0.25) is 0 Å². The Morgan fingerprint density at radius 3 is 2.18 bits per heavy atom. The lowest BCUT2D eigenvalue weighted by atomic mass is 9.72. The molecule has 0 spiro atoms. The second-order valence-corrected chi connectivity index (χ2v) is 15.3. The van der Waals surface area contributed by atoms with Crippen LogP contribution in [0.25, 0.3) is 44.4 Å². The Balaban J connectivity index is 1.31. The van der Waals surface area contributed by atoms with Crippen molar-refractivity contribution in [2.24, 2.45) is 11.3 Å². The molecule has 0 aliphatic heterocycles. The fourth-order valence-corrected chi connectivity index (χ4v) is 7.30. The van der Waals surface area contributed by atoms with Crippen molar-refractivity contribution in [2.75, 3.05) is 0 Å². The lowest BCUT2D eigenvalue weighted by Crippen LogP contribution is -2.22. The highest BCUT2D eigenvalue weighted by Gasteiger charge is 2.27. The van der Waals surface area contributed by atoms with Crippen LogP contribution in [0, 0.1) is 25.2 Å². The van der Waals surface area contributed by atoms with E-state index in [9.17, 15) is 0 Å². The van der Waals surface area contributed by atoms with Gasteiger partial charge in [-0.3, -0.25) is 4.57 Å². The molecular weight excluding hydrogens is 613 g/mol. The second kappa shape index (κ2) is 12.9. The zero-order valence-corrected chi connectivity index (χ0v) is 30.8. The number of pyridine rings is 1. The molecule has 0 radical (unpaired) electrons. The Morgan fingerprint density at radius 1 is 0.680 bits per heavy atom. The summed E-state index contributed by atoms with van der Waals surface area (Å²) in [6, 6.07) is 36.4. The zero-order chi connectivity index (χ0) is 35.3. The van der Waals surface area contributed by atoms with E-state index in [1.165, 1.54) is 27.5 Å². The van der Waals surface area contributed by atoms with Gasteiger partial charge in [0.05, 0.1) is 22.4 Å². The summed E-state index contributed by atoms with van der Waals surface area (Å²) >= 11 is 0. The van der Waals surface area contributed by atoms with Crippen LogP contribution in [0.1, 0.15) is 82.8 Å². The quantitative estimate of drug-likeness (QED) is 0.163. The van der Waals surface area contributed by atoms with Crippen molar-refractivity contribution in [3.05, 3.63) is 132 Å². The molecule has 5 nitrogen and oxygen atoms in total. The van der Waals surface area contributed by atoms with Crippen molar-refractivity contribution in [1.29, 1.82) is 0 Å². The average molecular weight is 661 g/mol. The first-order chi connectivity index (χ1) is 23.9. The van der Waals surface area contributed by atoms with Crippen LogP contribution in [0.15, 0.2) is 109 Å². The normalized spacial score (nSPS) is 13.3. The number of fused-ring (bicyclic) bond motifs is 3. The van der Waals surface area contributed by atoms with Crippen LogP contribution >= 0.6 is 0 Å². The molecule has 0 amide bonds. The van der Waals surface area contributed by atoms with Gasteiger partial charge in [0, 0.05) is 40.4 Å². The van der Waals surface area contributed by atoms with E-state index in [1.54, 1.807) is 0 Å². The van der Waals surface area contributed by atoms with E-state index in [0.29, 0.717) is 17.8 Å². The largest absolute Gasteiger partial charge is 0.457 e. The number of benzene rings is 4. The highest BCUT2D eigenvalue weighted by molar-refractivity contribution is 6.09. The van der Waals surface area contributed by atoms with E-state index >= 15 is 0 Å². The molecule has 0 N–H and O–H groups in total. The maximum absolute atomic E-state index is 6.62. The van der Waals surface area contributed by atoms with Crippen molar-refractivity contribution >= 4 is 21.8 Å². The average Bonchev–Trinajstić information content (AvgIpc) is 3.59. The number of hydrogen-bond acceptors (Lipinski definition) is 3. The van der Waals surface area contributed by atoms with E-state index in [2.05, 4.69) is 152 Å². The van der Waals surface area contributed by atoms with Crippen LogP contribution in [-0.2, 0) is 0 Å². The molecule has 7 aromatic rings. The summed E-state index contributed by atoms with van der Waals surface area (Å²) in [7, 11) is 0. The van der Waals surface area contributed by atoms with Crippen molar-refractivity contribution in [3.8, 4) is 34.1 Å². The molecule has 2 unspecified atom stereocenters. The van der Waals surface area contributed by atoms with Crippen molar-refractivity contribution in [2.45, 2.75) is 74.1 Å². The fraction of sp³-hybridized carbons (Fsp3) is 0.289. The molecule has 0 saturated heterocycles. The molecule has 0 aliphatic rings. The minimum absolute atomic E-state index is 0.215. The first-order valence-electron chi connectivity index (χ1n) is 17.8. The first kappa shape index (κ1) is 33.3. The number of hydrogen-bond donors (Lipinski definition) is 0. The third-order valence-corrected chi connectivity index (χ3v) is 10.7. The molecule has 254 valence electrons. The van der Waals surface area contributed by atoms with E-state index in [0.717, 1.165) is 51.0 Å². The van der Waals surface area contributed by atoms with Crippen LogP contribution in [0.2, 0.25) is 0 Å². The summed E-state index contributed by atoms with van der Waals surface area (Å²) in [4.78, 5) is 4.89. The predicted molar refractivity (Wildman–Crippen MR) is 208 cm³/mol. The molecular formula is C45H48N4O. The lowest BCUT2D eigenvalue weighted by molar-refractivity contribution is 0.228. The van der Waals surface area contributed by atoms with Gasteiger partial charge in [0.1, 0.15) is 17.3 Å². The highest BCUT2D eigenvalue weighted by atomic mass is 16.5. The van der Waals surface area contributed by atoms with Crippen LogP contribution < -0.4 is 4.74 Å². The van der Waals surface area contributed by atoms with Gasteiger partial charge in [0.15, 0.2) is 0 Å². The molecule has 2 atom stereocenters. The highest BCUT2D eigenvalue weighted by Crippen LogP contribution is 2.41. The van der Waals surface area contributed by atoms with Crippen molar-refractivity contribution in [1.82, 2.24) is 19.3 Å². The van der Waals surface area contributed by atoms with Gasteiger partial charge >= 0.3 is 0 Å². The van der Waals surface area contributed by atoms with Crippen LogP contribution in [-0.4, -0.2) is 19.3 Å². The number of aryl methyl sites for hydroxylation is 1. The summed E-state index contributed by atoms with van der Waals surface area (Å²) in [5, 5.41) is 7.35. The van der Waals surface area contributed by atoms with Gasteiger partial charge in [-0.15, -0.1) is 0 Å². The van der Waals surface area contributed by atoms with Gasteiger partial charge in [-0.25, -0.2) is 9.67 Å². The topological polar surface area (TPSA) is 44.9 Å². The standard InChI is InChI=1S/C45H48N4O/c1-28(2)34-22-23-46-43(25-34)48-41-21-18-35(29(3)30(4)45(7,8)9)24-40(41)39-20-19-38(27-42(39)48)50-37-17-13-16-36(26-37)49-32(6)44(31(5)47-49)33-14-11-10-12-15-33/h10-30H,1-9H3. The van der Waals surface area contributed by atoms with Gasteiger partial charge in [0.25, 0.3) is 0 Å². The zero-order valence-electron chi connectivity index (χ0n) is 30.8. The molecule has 0 fully saturated rings. The number of aromatic nitrogens is 4. The summed E-state index contributed by atoms with van der Waals surface area (Å²) in [5.41, 5.74) is 10.4. The summed E-state index contributed by atoms with van der Waals surface area (Å²) in [6.07, 6.45) is 1.93. The van der Waals surface area contributed by atoms with Gasteiger partial charge in [-0.1, -0.05) is 90.9 Å². The van der Waals surface area contributed by atoms with E-state index < -0.39 is 0 Å². The lowest BCUT2D eigenvalue weighted by Gasteiger charge is -2.32. The van der Waals surface area contributed by atoms with E-state index in [4.69, 9.17) is 14.8 Å². The molecule has 0 aliphatic carbocycles. The van der Waals surface area contributed by atoms with Gasteiger partial charge < -0.3 is 4.74 Å². The molecule has 50 heavy (non-hydrogen) atoms. The number of rotatable bonds is 8. The first-order valence-corrected chi connectivity index (χ1v) is 17.8. The van der Waals surface area contributed by atoms with Gasteiger partial charge in [-0.2, -0.15) is 5.10 Å². The Kier molecular flexibility index (Phi) is 8.63.